The topological polar surface area (TPSA) is 175 Å². The lowest BCUT2D eigenvalue weighted by Crippen LogP contribution is -2.68. The standard InChI is InChI=1S/C33H48N6O7/c1-21(2)11-23(28(43)35-15-27(42)39-19-33(20-39)16-32(17-33)13-25(40)36-18-32)37-26(41)14-34-29(44)24(12-22-9-7-6-8-10-22)38-30(45)46-31(3,4)5/h6-10,21,23-24H,11-20H2,1-5H3,(H,34,44)(H,35,43)(H,36,40)(H,37,41)(H,38,45). The van der Waals surface area contributed by atoms with Gasteiger partial charge in [-0.15, -0.1) is 0 Å². The molecule has 3 fully saturated rings. The van der Waals surface area contributed by atoms with Gasteiger partial charge >= 0.3 is 6.09 Å². The summed E-state index contributed by atoms with van der Waals surface area (Å²) in [7, 11) is 0. The summed E-state index contributed by atoms with van der Waals surface area (Å²) in [6.07, 6.45) is 2.16. The molecule has 252 valence electrons. The fraction of sp³-hybridized carbons (Fsp3) is 0.636. The van der Waals surface area contributed by atoms with Crippen LogP contribution in [0.3, 0.4) is 0 Å². The summed E-state index contributed by atoms with van der Waals surface area (Å²) in [6.45, 7) is 10.3. The summed E-state index contributed by atoms with van der Waals surface area (Å²) < 4.78 is 5.31. The number of nitrogens with zero attached hydrogens (tertiary/aromatic N) is 1. The van der Waals surface area contributed by atoms with E-state index in [2.05, 4.69) is 26.6 Å². The van der Waals surface area contributed by atoms with Crippen LogP contribution in [-0.4, -0.2) is 90.9 Å². The van der Waals surface area contributed by atoms with Crippen molar-refractivity contribution >= 4 is 35.6 Å². The average Bonchev–Trinajstić information content (AvgIpc) is 3.32. The smallest absolute Gasteiger partial charge is 0.408 e. The van der Waals surface area contributed by atoms with Gasteiger partial charge in [-0.25, -0.2) is 4.79 Å². The zero-order valence-electron chi connectivity index (χ0n) is 27.5. The van der Waals surface area contributed by atoms with Crippen LogP contribution in [0, 0.1) is 16.7 Å². The number of likely N-dealkylation sites (tertiary alicyclic amines) is 1. The van der Waals surface area contributed by atoms with Crippen molar-refractivity contribution in [3.8, 4) is 0 Å². The normalized spacial score (nSPS) is 18.9. The van der Waals surface area contributed by atoms with E-state index in [1.165, 1.54) is 0 Å². The summed E-state index contributed by atoms with van der Waals surface area (Å²) in [5, 5.41) is 13.4. The van der Waals surface area contributed by atoms with Crippen molar-refractivity contribution in [2.24, 2.45) is 16.7 Å². The van der Waals surface area contributed by atoms with E-state index in [9.17, 15) is 28.8 Å². The number of amides is 6. The highest BCUT2D eigenvalue weighted by Crippen LogP contribution is 2.61. The minimum Gasteiger partial charge on any atom is -0.444 e. The largest absolute Gasteiger partial charge is 0.444 e. The Hall–Kier alpha value is -4.16. The molecular weight excluding hydrogens is 592 g/mol. The molecule has 4 rings (SSSR count). The van der Waals surface area contributed by atoms with Gasteiger partial charge in [0, 0.05) is 37.9 Å². The minimum atomic E-state index is -1.01. The Labute approximate surface area is 270 Å². The molecule has 1 aliphatic carbocycles. The molecule has 0 aromatic heterocycles. The first-order valence-corrected chi connectivity index (χ1v) is 16.0. The van der Waals surface area contributed by atoms with Crippen molar-refractivity contribution in [3.05, 3.63) is 35.9 Å². The first kappa shape index (κ1) is 34.7. The Morgan fingerprint density at radius 1 is 0.913 bits per heavy atom. The van der Waals surface area contributed by atoms with Gasteiger partial charge in [-0.2, -0.15) is 0 Å². The number of alkyl carbamates (subject to hydrolysis) is 1. The molecule has 5 N–H and O–H groups in total. The molecule has 13 heteroatoms. The SMILES string of the molecule is CC(C)CC(NC(=O)CNC(=O)C(Cc1ccccc1)NC(=O)OC(C)(C)C)C(=O)NCC(=O)N1CC2(C1)CC1(CNC(=O)C1)C2. The Balaban J connectivity index is 1.24. The highest BCUT2D eigenvalue weighted by molar-refractivity contribution is 5.93. The first-order chi connectivity index (χ1) is 21.6. The van der Waals surface area contributed by atoms with Crippen LogP contribution in [0.25, 0.3) is 0 Å². The second-order valence-corrected chi connectivity index (χ2v) is 14.6. The maximum absolute atomic E-state index is 13.1. The molecule has 1 aromatic rings. The van der Waals surface area contributed by atoms with Crippen molar-refractivity contribution in [1.82, 2.24) is 31.5 Å². The van der Waals surface area contributed by atoms with E-state index in [1.807, 2.05) is 44.2 Å². The Morgan fingerprint density at radius 3 is 2.13 bits per heavy atom. The van der Waals surface area contributed by atoms with Crippen LogP contribution in [0.2, 0.25) is 0 Å². The number of carbonyl (C=O) groups excluding carboxylic acids is 6. The summed E-state index contributed by atoms with van der Waals surface area (Å²) in [4.78, 5) is 77.6. The summed E-state index contributed by atoms with van der Waals surface area (Å²) in [5.74, 6) is -1.68. The van der Waals surface area contributed by atoms with Gasteiger partial charge in [-0.3, -0.25) is 24.0 Å². The zero-order valence-corrected chi connectivity index (χ0v) is 27.5. The van der Waals surface area contributed by atoms with Crippen LogP contribution < -0.4 is 26.6 Å². The predicted molar refractivity (Wildman–Crippen MR) is 169 cm³/mol. The van der Waals surface area contributed by atoms with Crippen LogP contribution in [-0.2, 0) is 35.1 Å². The van der Waals surface area contributed by atoms with Gasteiger partial charge in [0.25, 0.3) is 0 Å². The zero-order chi connectivity index (χ0) is 33.7. The second-order valence-electron chi connectivity index (χ2n) is 14.6. The Bertz CT molecular complexity index is 1310. The van der Waals surface area contributed by atoms with Crippen LogP contribution in [0.15, 0.2) is 30.3 Å². The molecule has 2 atom stereocenters. The molecule has 46 heavy (non-hydrogen) atoms. The van der Waals surface area contributed by atoms with Gasteiger partial charge in [0.2, 0.25) is 29.5 Å². The molecule has 2 aliphatic heterocycles. The molecule has 2 spiro atoms. The van der Waals surface area contributed by atoms with Gasteiger partial charge in [0.1, 0.15) is 17.7 Å². The lowest BCUT2D eigenvalue weighted by Gasteiger charge is -2.63. The van der Waals surface area contributed by atoms with Crippen LogP contribution in [0.4, 0.5) is 4.79 Å². The number of ether oxygens (including phenoxy) is 1. The van der Waals surface area contributed by atoms with Crippen molar-refractivity contribution < 1.29 is 33.5 Å². The van der Waals surface area contributed by atoms with Gasteiger partial charge in [-0.05, 0) is 56.9 Å². The molecule has 13 nitrogen and oxygen atoms in total. The second kappa shape index (κ2) is 14.1. The molecule has 2 saturated heterocycles. The monoisotopic (exact) mass is 640 g/mol. The van der Waals surface area contributed by atoms with Crippen LogP contribution in [0.1, 0.15) is 65.9 Å². The van der Waals surface area contributed by atoms with E-state index < -0.39 is 48.0 Å². The molecular formula is C33H48N6O7. The molecule has 1 saturated carbocycles. The molecule has 0 bridgehead atoms. The summed E-state index contributed by atoms with van der Waals surface area (Å²) >= 11 is 0. The van der Waals surface area contributed by atoms with E-state index in [1.54, 1.807) is 25.7 Å². The van der Waals surface area contributed by atoms with E-state index >= 15 is 0 Å². The highest BCUT2D eigenvalue weighted by atomic mass is 16.6. The minimum absolute atomic E-state index is 0.0413. The van der Waals surface area contributed by atoms with Crippen LogP contribution >= 0.6 is 0 Å². The van der Waals surface area contributed by atoms with Crippen molar-refractivity contribution in [1.29, 1.82) is 0 Å². The average molecular weight is 641 g/mol. The highest BCUT2D eigenvalue weighted by Gasteiger charge is 2.62. The lowest BCUT2D eigenvalue weighted by atomic mass is 9.49. The maximum Gasteiger partial charge on any atom is 0.408 e. The van der Waals surface area contributed by atoms with Crippen molar-refractivity contribution in [2.45, 2.75) is 84.4 Å². The Kier molecular flexibility index (Phi) is 10.6. The number of hydrogen-bond donors (Lipinski definition) is 5. The van der Waals surface area contributed by atoms with Gasteiger partial charge < -0.3 is 36.2 Å². The number of hydrogen-bond acceptors (Lipinski definition) is 7. The van der Waals surface area contributed by atoms with Crippen molar-refractivity contribution in [3.63, 3.8) is 0 Å². The van der Waals surface area contributed by atoms with Crippen molar-refractivity contribution in [2.75, 3.05) is 32.7 Å². The molecule has 3 aliphatic rings. The molecule has 2 heterocycles. The number of rotatable bonds is 12. The third-order valence-corrected chi connectivity index (χ3v) is 8.59. The van der Waals surface area contributed by atoms with Gasteiger partial charge in [0.05, 0.1) is 13.1 Å². The predicted octanol–water partition coefficient (Wildman–Crippen LogP) is 1.01. The maximum atomic E-state index is 13.1. The number of nitrogens with one attached hydrogen (secondary N) is 5. The van der Waals surface area contributed by atoms with Gasteiger partial charge in [-0.1, -0.05) is 44.2 Å². The molecule has 1 aromatic carbocycles. The van der Waals surface area contributed by atoms with E-state index in [4.69, 9.17) is 4.74 Å². The number of carbonyl (C=O) groups is 6. The summed E-state index contributed by atoms with van der Waals surface area (Å²) in [6, 6.07) is 7.22. The summed E-state index contributed by atoms with van der Waals surface area (Å²) in [5.41, 5.74) is 0.160. The third kappa shape index (κ3) is 9.43. The fourth-order valence-electron chi connectivity index (χ4n) is 6.85. The fourth-order valence-corrected chi connectivity index (χ4v) is 6.85. The Morgan fingerprint density at radius 2 is 1.54 bits per heavy atom. The quantitative estimate of drug-likeness (QED) is 0.227. The lowest BCUT2D eigenvalue weighted by molar-refractivity contribution is -0.166. The van der Waals surface area contributed by atoms with Gasteiger partial charge in [0.15, 0.2) is 0 Å². The van der Waals surface area contributed by atoms with E-state index in [-0.39, 0.29) is 41.5 Å². The van der Waals surface area contributed by atoms with E-state index in [0.29, 0.717) is 32.5 Å². The third-order valence-electron chi connectivity index (χ3n) is 8.59. The molecule has 2 unspecified atom stereocenters. The number of benzene rings is 1. The molecule has 0 radical (unpaired) electrons. The molecule has 6 amide bonds. The first-order valence-electron chi connectivity index (χ1n) is 16.0. The van der Waals surface area contributed by atoms with Crippen LogP contribution in [0.5, 0.6) is 0 Å². The van der Waals surface area contributed by atoms with E-state index in [0.717, 1.165) is 18.4 Å².